The molecule has 1 aliphatic rings. The van der Waals surface area contributed by atoms with Gasteiger partial charge in [-0.1, -0.05) is 20.3 Å². The van der Waals surface area contributed by atoms with E-state index in [0.717, 1.165) is 50.7 Å². The Morgan fingerprint density at radius 2 is 1.89 bits per heavy atom. The van der Waals surface area contributed by atoms with Gasteiger partial charge in [0, 0.05) is 19.6 Å². The average molecular weight is 374 g/mol. The first kappa shape index (κ1) is 14.8. The molecule has 0 aromatic carbocycles. The Morgan fingerprint density at radius 3 is 2.53 bits per heavy atom. The highest BCUT2D eigenvalue weighted by Crippen LogP contribution is 2.25. The zero-order valence-electron chi connectivity index (χ0n) is 11.9. The molecule has 0 spiro atoms. The summed E-state index contributed by atoms with van der Waals surface area (Å²) in [5.41, 5.74) is 1.19. The van der Waals surface area contributed by atoms with Gasteiger partial charge in [-0.3, -0.25) is 0 Å². The Hall–Kier alpha value is -0.590. The number of halogens is 1. The third kappa shape index (κ3) is 3.70. The van der Waals surface area contributed by atoms with Crippen LogP contribution < -0.4 is 10.2 Å². The van der Waals surface area contributed by atoms with Crippen LogP contribution in [-0.2, 0) is 6.42 Å². The highest BCUT2D eigenvalue weighted by Gasteiger charge is 2.18. The molecular weight excluding hydrogens is 351 g/mol. The van der Waals surface area contributed by atoms with E-state index in [-0.39, 0.29) is 0 Å². The standard InChI is InChI=1S/C14H23IN4/c1-3-7-11-12(15)13(16-8-4-2)18-14(17-11)19-9-5-6-10-19/h3-10H2,1-2H3,(H,16,17,18). The van der Waals surface area contributed by atoms with Gasteiger partial charge in [0.25, 0.3) is 0 Å². The summed E-state index contributed by atoms with van der Waals surface area (Å²) in [6, 6.07) is 0. The van der Waals surface area contributed by atoms with Gasteiger partial charge < -0.3 is 10.2 Å². The number of hydrogen-bond donors (Lipinski definition) is 1. The van der Waals surface area contributed by atoms with E-state index in [4.69, 9.17) is 9.97 Å². The molecule has 106 valence electrons. The summed E-state index contributed by atoms with van der Waals surface area (Å²) >= 11 is 2.38. The molecule has 0 aliphatic carbocycles. The fourth-order valence-electron chi connectivity index (χ4n) is 2.30. The van der Waals surface area contributed by atoms with E-state index in [1.54, 1.807) is 0 Å². The highest BCUT2D eigenvalue weighted by atomic mass is 127. The lowest BCUT2D eigenvalue weighted by Crippen LogP contribution is -2.22. The molecule has 1 saturated heterocycles. The molecule has 1 aromatic rings. The number of nitrogens with zero attached hydrogens (tertiary/aromatic N) is 3. The van der Waals surface area contributed by atoms with Gasteiger partial charge in [0.1, 0.15) is 5.82 Å². The normalized spacial score (nSPS) is 15.0. The molecule has 0 amide bonds. The van der Waals surface area contributed by atoms with Crippen molar-refractivity contribution in [2.75, 3.05) is 29.9 Å². The summed E-state index contributed by atoms with van der Waals surface area (Å²) < 4.78 is 1.19. The fourth-order valence-corrected chi connectivity index (χ4v) is 3.00. The van der Waals surface area contributed by atoms with Gasteiger partial charge in [-0.25, -0.2) is 4.98 Å². The van der Waals surface area contributed by atoms with Gasteiger partial charge >= 0.3 is 0 Å². The van der Waals surface area contributed by atoms with E-state index < -0.39 is 0 Å². The maximum absolute atomic E-state index is 4.78. The van der Waals surface area contributed by atoms with Gasteiger partial charge in [0.2, 0.25) is 5.95 Å². The van der Waals surface area contributed by atoms with Crippen molar-refractivity contribution in [3.05, 3.63) is 9.26 Å². The Bertz CT molecular complexity index is 416. The van der Waals surface area contributed by atoms with Crippen molar-refractivity contribution in [2.24, 2.45) is 0 Å². The molecule has 0 radical (unpaired) electrons. The molecule has 0 unspecified atom stereocenters. The Kier molecular flexibility index (Phi) is 5.66. The van der Waals surface area contributed by atoms with Gasteiger partial charge in [0.05, 0.1) is 9.26 Å². The Morgan fingerprint density at radius 1 is 1.16 bits per heavy atom. The molecule has 0 saturated carbocycles. The second-order valence-electron chi connectivity index (χ2n) is 5.00. The van der Waals surface area contributed by atoms with Gasteiger partial charge in [-0.2, -0.15) is 4.98 Å². The predicted molar refractivity (Wildman–Crippen MR) is 89.0 cm³/mol. The molecule has 1 aliphatic heterocycles. The SMILES string of the molecule is CCCNc1nc(N2CCCC2)nc(CCC)c1I. The van der Waals surface area contributed by atoms with Gasteiger partial charge in [-0.15, -0.1) is 0 Å². The lowest BCUT2D eigenvalue weighted by atomic mass is 10.2. The van der Waals surface area contributed by atoms with Crippen molar-refractivity contribution >= 4 is 34.4 Å². The van der Waals surface area contributed by atoms with Crippen LogP contribution in [0.4, 0.5) is 11.8 Å². The minimum Gasteiger partial charge on any atom is -0.369 e. The largest absolute Gasteiger partial charge is 0.369 e. The molecule has 1 N–H and O–H groups in total. The van der Waals surface area contributed by atoms with Crippen molar-refractivity contribution in [1.82, 2.24) is 9.97 Å². The van der Waals surface area contributed by atoms with Gasteiger partial charge in [0.15, 0.2) is 0 Å². The zero-order valence-corrected chi connectivity index (χ0v) is 14.0. The van der Waals surface area contributed by atoms with Crippen LogP contribution in [0, 0.1) is 3.57 Å². The molecule has 4 nitrogen and oxygen atoms in total. The number of aromatic nitrogens is 2. The lowest BCUT2D eigenvalue weighted by Gasteiger charge is -2.19. The number of aryl methyl sites for hydroxylation is 1. The molecule has 2 heterocycles. The van der Waals surface area contributed by atoms with Crippen molar-refractivity contribution in [3.63, 3.8) is 0 Å². The number of rotatable bonds is 6. The molecule has 19 heavy (non-hydrogen) atoms. The van der Waals surface area contributed by atoms with Crippen molar-refractivity contribution in [1.29, 1.82) is 0 Å². The first-order chi connectivity index (χ1) is 9.26. The van der Waals surface area contributed by atoms with Crippen LogP contribution in [0.2, 0.25) is 0 Å². The predicted octanol–water partition coefficient (Wildman–Crippen LogP) is 3.46. The second kappa shape index (κ2) is 7.26. The molecule has 2 rings (SSSR count). The number of anilines is 2. The number of hydrogen-bond acceptors (Lipinski definition) is 4. The maximum atomic E-state index is 4.78. The van der Waals surface area contributed by atoms with Crippen molar-refractivity contribution < 1.29 is 0 Å². The fraction of sp³-hybridized carbons (Fsp3) is 0.714. The third-order valence-corrected chi connectivity index (χ3v) is 4.46. The van der Waals surface area contributed by atoms with Crippen LogP contribution in [0.5, 0.6) is 0 Å². The second-order valence-corrected chi connectivity index (χ2v) is 6.08. The lowest BCUT2D eigenvalue weighted by molar-refractivity contribution is 0.828. The molecule has 1 fully saturated rings. The highest BCUT2D eigenvalue weighted by molar-refractivity contribution is 14.1. The van der Waals surface area contributed by atoms with E-state index in [2.05, 4.69) is 46.7 Å². The van der Waals surface area contributed by atoms with E-state index in [0.29, 0.717) is 0 Å². The Balaban J connectivity index is 2.29. The summed E-state index contributed by atoms with van der Waals surface area (Å²) in [6.45, 7) is 7.54. The number of nitrogens with one attached hydrogen (secondary N) is 1. The van der Waals surface area contributed by atoms with Crippen LogP contribution in [0.3, 0.4) is 0 Å². The van der Waals surface area contributed by atoms with E-state index in [1.165, 1.54) is 22.1 Å². The van der Waals surface area contributed by atoms with Gasteiger partial charge in [-0.05, 0) is 48.3 Å². The Labute approximate surface area is 129 Å². The molecule has 0 atom stereocenters. The van der Waals surface area contributed by atoms with Crippen LogP contribution in [-0.4, -0.2) is 29.6 Å². The summed E-state index contributed by atoms with van der Waals surface area (Å²) in [6.07, 6.45) is 5.79. The molecular formula is C14H23IN4. The summed E-state index contributed by atoms with van der Waals surface area (Å²) in [7, 11) is 0. The third-order valence-electron chi connectivity index (χ3n) is 3.33. The van der Waals surface area contributed by atoms with Crippen molar-refractivity contribution in [3.8, 4) is 0 Å². The van der Waals surface area contributed by atoms with Crippen LogP contribution >= 0.6 is 22.6 Å². The topological polar surface area (TPSA) is 41.1 Å². The van der Waals surface area contributed by atoms with Crippen LogP contribution in [0.15, 0.2) is 0 Å². The minimum absolute atomic E-state index is 0.917. The average Bonchev–Trinajstić information content (AvgIpc) is 2.94. The first-order valence-corrected chi connectivity index (χ1v) is 8.39. The first-order valence-electron chi connectivity index (χ1n) is 7.31. The van der Waals surface area contributed by atoms with E-state index in [1.807, 2.05) is 0 Å². The minimum atomic E-state index is 0.917. The monoisotopic (exact) mass is 374 g/mol. The zero-order chi connectivity index (χ0) is 13.7. The van der Waals surface area contributed by atoms with Crippen molar-refractivity contribution in [2.45, 2.75) is 46.0 Å². The molecule has 1 aromatic heterocycles. The van der Waals surface area contributed by atoms with E-state index >= 15 is 0 Å². The summed E-state index contributed by atoms with van der Waals surface area (Å²) in [5.74, 6) is 1.93. The summed E-state index contributed by atoms with van der Waals surface area (Å²) in [4.78, 5) is 11.8. The molecule has 5 heteroatoms. The van der Waals surface area contributed by atoms with Crippen LogP contribution in [0.1, 0.15) is 45.2 Å². The van der Waals surface area contributed by atoms with E-state index in [9.17, 15) is 0 Å². The quantitative estimate of drug-likeness (QED) is 0.775. The van der Waals surface area contributed by atoms with Crippen LogP contribution in [0.25, 0.3) is 0 Å². The summed E-state index contributed by atoms with van der Waals surface area (Å²) in [5, 5.41) is 3.44. The molecule has 0 bridgehead atoms. The maximum Gasteiger partial charge on any atom is 0.227 e. The smallest absolute Gasteiger partial charge is 0.227 e.